The third-order valence-corrected chi connectivity index (χ3v) is 4.32. The number of likely N-dealkylation sites (N-methyl/N-ethyl adjacent to an activating group) is 1. The number of carbonyl (C=O) groups excluding carboxylic acids is 1. The van der Waals surface area contributed by atoms with E-state index < -0.39 is 0 Å². The van der Waals surface area contributed by atoms with Crippen molar-refractivity contribution in [3.05, 3.63) is 35.3 Å². The van der Waals surface area contributed by atoms with E-state index in [-0.39, 0.29) is 5.91 Å². The number of hydrogen-bond donors (Lipinski definition) is 1. The number of nitrogens with one attached hydrogen (secondary N) is 1. The van der Waals surface area contributed by atoms with Crippen molar-refractivity contribution in [2.75, 3.05) is 33.2 Å². The van der Waals surface area contributed by atoms with Crippen molar-refractivity contribution in [2.24, 2.45) is 0 Å². The Hall–Kier alpha value is -1.92. The zero-order valence-corrected chi connectivity index (χ0v) is 13.5. The van der Waals surface area contributed by atoms with Gasteiger partial charge in [0.05, 0.1) is 11.3 Å². The van der Waals surface area contributed by atoms with Crippen LogP contribution in [0.3, 0.4) is 0 Å². The highest BCUT2D eigenvalue weighted by atomic mass is 16.2. The molecule has 3 rings (SSSR count). The van der Waals surface area contributed by atoms with E-state index in [0.717, 1.165) is 49.6 Å². The second kappa shape index (κ2) is 6.06. The number of piperazine rings is 1. The second-order valence-electron chi connectivity index (χ2n) is 5.87. The van der Waals surface area contributed by atoms with Gasteiger partial charge < -0.3 is 9.30 Å². The topological polar surface area (TPSA) is 52.9 Å². The van der Waals surface area contributed by atoms with Crippen LogP contribution in [0.15, 0.2) is 18.3 Å². The van der Waals surface area contributed by atoms with Gasteiger partial charge in [-0.15, -0.1) is 0 Å². The predicted octanol–water partition coefficient (Wildman–Crippen LogP) is 1.10. The summed E-state index contributed by atoms with van der Waals surface area (Å²) in [4.78, 5) is 19.3. The molecule has 1 aliphatic heterocycles. The fraction of sp³-hybridized carbons (Fsp3) is 0.500. The third kappa shape index (κ3) is 2.84. The molecule has 3 heterocycles. The highest BCUT2D eigenvalue weighted by Crippen LogP contribution is 2.14. The molecule has 0 radical (unpaired) electrons. The van der Waals surface area contributed by atoms with E-state index in [1.165, 1.54) is 0 Å². The average Bonchev–Trinajstić information content (AvgIpc) is 2.85. The maximum atomic E-state index is 12.4. The van der Waals surface area contributed by atoms with E-state index >= 15 is 0 Å². The van der Waals surface area contributed by atoms with Gasteiger partial charge in [-0.05, 0) is 32.5 Å². The molecule has 6 nitrogen and oxygen atoms in total. The molecule has 2 aromatic rings. The molecule has 0 unspecified atom stereocenters. The molecule has 0 bridgehead atoms. The summed E-state index contributed by atoms with van der Waals surface area (Å²) in [6, 6.07) is 3.75. The Morgan fingerprint density at radius 1 is 1.27 bits per heavy atom. The van der Waals surface area contributed by atoms with Gasteiger partial charge in [-0.1, -0.05) is 6.92 Å². The largest absolute Gasteiger partial charge is 0.304 e. The lowest BCUT2D eigenvalue weighted by Gasteiger charge is -2.32. The Kier molecular flexibility index (Phi) is 4.13. The molecule has 0 spiro atoms. The zero-order valence-electron chi connectivity index (χ0n) is 13.5. The number of amides is 1. The number of rotatable bonds is 3. The number of aryl methyl sites for hydroxylation is 2. The number of aromatic nitrogens is 2. The SMILES string of the molecule is CCc1nc2ccc(C(=O)NN3CCN(C)CC3)cn2c1C. The predicted molar refractivity (Wildman–Crippen MR) is 85.8 cm³/mol. The Balaban J connectivity index is 1.77. The summed E-state index contributed by atoms with van der Waals surface area (Å²) in [5, 5.41) is 1.99. The molecule has 1 fully saturated rings. The third-order valence-electron chi connectivity index (χ3n) is 4.32. The zero-order chi connectivity index (χ0) is 15.7. The fourth-order valence-corrected chi connectivity index (χ4v) is 2.81. The van der Waals surface area contributed by atoms with Gasteiger partial charge in [0.25, 0.3) is 5.91 Å². The Morgan fingerprint density at radius 2 is 2.00 bits per heavy atom. The van der Waals surface area contributed by atoms with E-state index in [1.54, 1.807) is 0 Å². The average molecular weight is 301 g/mol. The molecule has 1 N–H and O–H groups in total. The molecular formula is C16H23N5O. The fourth-order valence-electron chi connectivity index (χ4n) is 2.81. The Labute approximate surface area is 130 Å². The van der Waals surface area contributed by atoms with Gasteiger partial charge in [0.2, 0.25) is 0 Å². The van der Waals surface area contributed by atoms with Gasteiger partial charge >= 0.3 is 0 Å². The van der Waals surface area contributed by atoms with Crippen molar-refractivity contribution in [2.45, 2.75) is 20.3 Å². The molecule has 2 aromatic heterocycles. The molecule has 1 saturated heterocycles. The minimum Gasteiger partial charge on any atom is -0.304 e. The lowest BCUT2D eigenvalue weighted by molar-refractivity contribution is 0.0662. The standard InChI is InChI=1S/C16H23N5O/c1-4-14-12(2)21-11-13(5-6-15(21)17-14)16(22)18-20-9-7-19(3)8-10-20/h5-6,11H,4,7-10H2,1-3H3,(H,18,22). The molecule has 0 aromatic carbocycles. The first-order chi connectivity index (χ1) is 10.6. The van der Waals surface area contributed by atoms with E-state index in [9.17, 15) is 4.79 Å². The van der Waals surface area contributed by atoms with Crippen LogP contribution < -0.4 is 5.43 Å². The number of hydrazine groups is 1. The van der Waals surface area contributed by atoms with Crippen molar-refractivity contribution < 1.29 is 4.79 Å². The molecule has 6 heteroatoms. The Morgan fingerprint density at radius 3 is 2.68 bits per heavy atom. The minimum atomic E-state index is -0.0578. The number of hydrogen-bond acceptors (Lipinski definition) is 4. The van der Waals surface area contributed by atoms with Crippen LogP contribution in [0.1, 0.15) is 28.7 Å². The van der Waals surface area contributed by atoms with E-state index in [2.05, 4.69) is 29.3 Å². The van der Waals surface area contributed by atoms with Crippen molar-refractivity contribution in [3.63, 3.8) is 0 Å². The van der Waals surface area contributed by atoms with E-state index in [1.807, 2.05) is 34.7 Å². The van der Waals surface area contributed by atoms with Gasteiger partial charge in [0, 0.05) is 38.1 Å². The van der Waals surface area contributed by atoms with Crippen molar-refractivity contribution in [1.82, 2.24) is 24.7 Å². The number of fused-ring (bicyclic) bond motifs is 1. The lowest BCUT2D eigenvalue weighted by Crippen LogP contribution is -2.52. The van der Waals surface area contributed by atoms with Crippen LogP contribution in [-0.2, 0) is 6.42 Å². The maximum Gasteiger partial charge on any atom is 0.267 e. The lowest BCUT2D eigenvalue weighted by atomic mass is 10.2. The van der Waals surface area contributed by atoms with Crippen LogP contribution in [0.5, 0.6) is 0 Å². The van der Waals surface area contributed by atoms with Gasteiger partial charge in [0.1, 0.15) is 5.65 Å². The molecule has 1 amide bonds. The van der Waals surface area contributed by atoms with Crippen molar-refractivity contribution >= 4 is 11.6 Å². The first-order valence-electron chi connectivity index (χ1n) is 7.80. The van der Waals surface area contributed by atoms with Crippen LogP contribution in [0.4, 0.5) is 0 Å². The molecular weight excluding hydrogens is 278 g/mol. The monoisotopic (exact) mass is 301 g/mol. The summed E-state index contributed by atoms with van der Waals surface area (Å²) in [5.41, 5.74) is 6.73. The van der Waals surface area contributed by atoms with Crippen LogP contribution in [-0.4, -0.2) is 58.4 Å². The molecule has 1 aliphatic rings. The highest BCUT2D eigenvalue weighted by molar-refractivity contribution is 5.93. The summed E-state index contributed by atoms with van der Waals surface area (Å²) in [6.45, 7) is 7.79. The quantitative estimate of drug-likeness (QED) is 0.922. The molecule has 118 valence electrons. The van der Waals surface area contributed by atoms with E-state index in [4.69, 9.17) is 0 Å². The first-order valence-corrected chi connectivity index (χ1v) is 7.80. The summed E-state index contributed by atoms with van der Waals surface area (Å²) >= 11 is 0. The molecule has 0 aliphatic carbocycles. The molecule has 22 heavy (non-hydrogen) atoms. The minimum absolute atomic E-state index is 0.0578. The molecule has 0 saturated carbocycles. The smallest absolute Gasteiger partial charge is 0.267 e. The van der Waals surface area contributed by atoms with E-state index in [0.29, 0.717) is 5.56 Å². The van der Waals surface area contributed by atoms with Gasteiger partial charge in [-0.25, -0.2) is 9.99 Å². The Bertz CT molecular complexity index is 685. The van der Waals surface area contributed by atoms with Gasteiger partial charge in [0.15, 0.2) is 0 Å². The van der Waals surface area contributed by atoms with Crippen LogP contribution in [0.2, 0.25) is 0 Å². The molecule has 0 atom stereocenters. The highest BCUT2D eigenvalue weighted by Gasteiger charge is 2.17. The summed E-state index contributed by atoms with van der Waals surface area (Å²) in [7, 11) is 2.10. The van der Waals surface area contributed by atoms with Gasteiger partial charge in [-0.3, -0.25) is 10.2 Å². The number of nitrogens with zero attached hydrogens (tertiary/aromatic N) is 4. The van der Waals surface area contributed by atoms with Crippen LogP contribution in [0, 0.1) is 6.92 Å². The van der Waals surface area contributed by atoms with Crippen molar-refractivity contribution in [3.8, 4) is 0 Å². The number of pyridine rings is 1. The van der Waals surface area contributed by atoms with Crippen molar-refractivity contribution in [1.29, 1.82) is 0 Å². The summed E-state index contributed by atoms with van der Waals surface area (Å²) in [6.07, 6.45) is 2.78. The number of imidazole rings is 1. The van der Waals surface area contributed by atoms with Gasteiger partial charge in [-0.2, -0.15) is 0 Å². The number of carbonyl (C=O) groups is 1. The maximum absolute atomic E-state index is 12.4. The first kappa shape index (κ1) is 15.0. The normalized spacial score (nSPS) is 17.0. The van der Waals surface area contributed by atoms with Crippen LogP contribution in [0.25, 0.3) is 5.65 Å². The second-order valence-corrected chi connectivity index (χ2v) is 5.87. The van der Waals surface area contributed by atoms with Crippen LogP contribution >= 0.6 is 0 Å². The summed E-state index contributed by atoms with van der Waals surface area (Å²) in [5.74, 6) is -0.0578. The summed E-state index contributed by atoms with van der Waals surface area (Å²) < 4.78 is 2.00.